The fraction of sp³-hybridized carbons (Fsp3) is 0.562. The number of rotatable bonds is 6. The number of hydrogen-bond acceptors (Lipinski definition) is 5. The van der Waals surface area contributed by atoms with Crippen LogP contribution in [0.15, 0.2) is 21.2 Å². The van der Waals surface area contributed by atoms with Crippen LogP contribution in [0, 0.1) is 0 Å². The van der Waals surface area contributed by atoms with Crippen LogP contribution in [0.5, 0.6) is 0 Å². The zero-order valence-corrected chi connectivity index (χ0v) is 17.2. The predicted molar refractivity (Wildman–Crippen MR) is 101 cm³/mol. The first-order valence-electron chi connectivity index (χ1n) is 8.42. The third kappa shape index (κ3) is 3.68. The van der Waals surface area contributed by atoms with Gasteiger partial charge in [0.25, 0.3) is 5.91 Å². The van der Waals surface area contributed by atoms with Crippen molar-refractivity contribution in [2.24, 2.45) is 0 Å². The first-order chi connectivity index (χ1) is 12.4. The van der Waals surface area contributed by atoms with Crippen LogP contribution in [0.25, 0.3) is 11.1 Å². The highest BCUT2D eigenvalue weighted by atomic mass is 79.9. The molecule has 0 bridgehead atoms. The van der Waals surface area contributed by atoms with Gasteiger partial charge in [0, 0.05) is 52.0 Å². The lowest BCUT2D eigenvalue weighted by atomic mass is 10.3. The molecule has 0 atom stereocenters. The number of amides is 1. The maximum Gasteiger partial charge on any atom is 0.270 e. The maximum atomic E-state index is 13.0. The van der Waals surface area contributed by atoms with Crippen molar-refractivity contribution >= 4 is 43.0 Å². The van der Waals surface area contributed by atoms with E-state index in [0.29, 0.717) is 55.3 Å². The Labute approximate surface area is 160 Å². The van der Waals surface area contributed by atoms with E-state index in [0.717, 1.165) is 5.52 Å². The number of furan rings is 1. The number of halogens is 1. The van der Waals surface area contributed by atoms with E-state index in [1.807, 2.05) is 10.6 Å². The minimum absolute atomic E-state index is 0.0755. The molecule has 2 aromatic rings. The average molecular weight is 448 g/mol. The van der Waals surface area contributed by atoms with Crippen molar-refractivity contribution < 1.29 is 22.4 Å². The lowest BCUT2D eigenvalue weighted by molar-refractivity contribution is 0.0685. The van der Waals surface area contributed by atoms with E-state index in [-0.39, 0.29) is 11.7 Å². The second-order valence-electron chi connectivity index (χ2n) is 6.07. The minimum atomic E-state index is -3.22. The van der Waals surface area contributed by atoms with Gasteiger partial charge in [0.2, 0.25) is 10.0 Å². The predicted octanol–water partition coefficient (Wildman–Crippen LogP) is 1.75. The number of carbonyl (C=O) groups excluding carboxylic acids is 1. The van der Waals surface area contributed by atoms with Crippen LogP contribution in [-0.4, -0.2) is 73.7 Å². The van der Waals surface area contributed by atoms with Gasteiger partial charge in [-0.2, -0.15) is 4.31 Å². The van der Waals surface area contributed by atoms with Gasteiger partial charge < -0.3 is 18.6 Å². The molecule has 0 saturated carbocycles. The molecule has 2 aromatic heterocycles. The third-order valence-corrected chi connectivity index (χ3v) is 6.85. The number of piperazine rings is 1. The van der Waals surface area contributed by atoms with Gasteiger partial charge in [-0.15, -0.1) is 0 Å². The number of carbonyl (C=O) groups is 1. The molecular weight excluding hydrogens is 426 g/mol. The van der Waals surface area contributed by atoms with Crippen molar-refractivity contribution in [3.05, 3.63) is 22.5 Å². The minimum Gasteiger partial charge on any atom is -0.448 e. The molecule has 0 radical (unpaired) electrons. The zero-order chi connectivity index (χ0) is 18.9. The first kappa shape index (κ1) is 19.4. The molecule has 1 aliphatic heterocycles. The molecule has 26 heavy (non-hydrogen) atoms. The summed E-state index contributed by atoms with van der Waals surface area (Å²) in [5.74, 6) is -0.0521. The number of ether oxygens (including phenoxy) is 1. The summed E-state index contributed by atoms with van der Waals surface area (Å²) in [4.78, 5) is 14.7. The van der Waals surface area contributed by atoms with Gasteiger partial charge in [-0.05, 0) is 22.9 Å². The van der Waals surface area contributed by atoms with E-state index in [1.54, 1.807) is 25.0 Å². The third-order valence-electron chi connectivity index (χ3n) is 4.58. The zero-order valence-electron chi connectivity index (χ0n) is 14.8. The Morgan fingerprint density at radius 1 is 1.27 bits per heavy atom. The lowest BCUT2D eigenvalue weighted by Crippen LogP contribution is -2.51. The first-order valence-corrected chi connectivity index (χ1v) is 10.8. The monoisotopic (exact) mass is 447 g/mol. The molecule has 0 unspecified atom stereocenters. The molecule has 3 rings (SSSR count). The van der Waals surface area contributed by atoms with Crippen molar-refractivity contribution in [2.45, 2.75) is 13.5 Å². The van der Waals surface area contributed by atoms with Crippen LogP contribution in [0.4, 0.5) is 0 Å². The van der Waals surface area contributed by atoms with Crippen LogP contribution in [0.3, 0.4) is 0 Å². The van der Waals surface area contributed by atoms with Crippen molar-refractivity contribution in [2.75, 3.05) is 45.6 Å². The second kappa shape index (κ2) is 7.71. The Morgan fingerprint density at radius 2 is 1.96 bits per heavy atom. The summed E-state index contributed by atoms with van der Waals surface area (Å²) in [6.07, 6.45) is 0. The Hall–Kier alpha value is -1.36. The molecule has 0 spiro atoms. The molecule has 0 aromatic carbocycles. The van der Waals surface area contributed by atoms with Gasteiger partial charge in [-0.25, -0.2) is 8.42 Å². The Bertz CT molecular complexity index is 897. The standard InChI is InChI=1S/C16H22BrN3O5S/c1-3-26(22,23)19-6-4-18(5-7-19)16(21)13-10-14-12(11-15(17)25-14)20(13)8-9-24-2/h10-11H,3-9H2,1-2H3. The van der Waals surface area contributed by atoms with E-state index in [4.69, 9.17) is 9.15 Å². The summed E-state index contributed by atoms with van der Waals surface area (Å²) in [5, 5.41) is 0. The number of nitrogens with zero attached hydrogens (tertiary/aromatic N) is 3. The van der Waals surface area contributed by atoms with Crippen LogP contribution < -0.4 is 0 Å². The second-order valence-corrected chi connectivity index (χ2v) is 9.10. The molecule has 1 saturated heterocycles. The van der Waals surface area contributed by atoms with Gasteiger partial charge in [0.05, 0.1) is 17.9 Å². The fourth-order valence-electron chi connectivity index (χ4n) is 3.13. The average Bonchev–Trinajstić information content (AvgIpc) is 3.15. The molecule has 1 aliphatic rings. The Kier molecular flexibility index (Phi) is 5.75. The molecule has 8 nitrogen and oxygen atoms in total. The highest BCUT2D eigenvalue weighted by Crippen LogP contribution is 2.28. The van der Waals surface area contributed by atoms with E-state index in [2.05, 4.69) is 15.9 Å². The summed E-state index contributed by atoms with van der Waals surface area (Å²) in [6.45, 7) is 4.01. The van der Waals surface area contributed by atoms with Crippen molar-refractivity contribution in [1.82, 2.24) is 13.8 Å². The molecule has 0 aliphatic carbocycles. The van der Waals surface area contributed by atoms with E-state index >= 15 is 0 Å². The number of hydrogen-bond donors (Lipinski definition) is 0. The molecule has 1 amide bonds. The fourth-order valence-corrected chi connectivity index (χ4v) is 4.60. The van der Waals surface area contributed by atoms with Crippen LogP contribution in [0.1, 0.15) is 17.4 Å². The quantitative estimate of drug-likeness (QED) is 0.673. The topological polar surface area (TPSA) is 85.0 Å². The maximum absolute atomic E-state index is 13.0. The number of fused-ring (bicyclic) bond motifs is 1. The summed E-state index contributed by atoms with van der Waals surface area (Å²) >= 11 is 3.31. The van der Waals surface area contributed by atoms with Gasteiger partial charge in [-0.1, -0.05) is 0 Å². The SMILES string of the molecule is CCS(=O)(=O)N1CCN(C(=O)c2cc3oc(Br)cc3n2CCOC)CC1. The lowest BCUT2D eigenvalue weighted by Gasteiger charge is -2.34. The van der Waals surface area contributed by atoms with Crippen molar-refractivity contribution in [3.63, 3.8) is 0 Å². The number of aromatic nitrogens is 1. The molecule has 3 heterocycles. The molecule has 144 valence electrons. The molecular formula is C16H22BrN3O5S. The van der Waals surface area contributed by atoms with Gasteiger partial charge in [0.1, 0.15) is 5.69 Å². The van der Waals surface area contributed by atoms with E-state index in [9.17, 15) is 13.2 Å². The normalized spacial score (nSPS) is 16.5. The van der Waals surface area contributed by atoms with Crippen molar-refractivity contribution in [3.8, 4) is 0 Å². The smallest absolute Gasteiger partial charge is 0.270 e. The molecule has 0 N–H and O–H groups in total. The number of sulfonamides is 1. The summed E-state index contributed by atoms with van der Waals surface area (Å²) < 4.78 is 38.6. The van der Waals surface area contributed by atoms with E-state index < -0.39 is 10.0 Å². The summed E-state index contributed by atoms with van der Waals surface area (Å²) in [5.41, 5.74) is 1.98. The van der Waals surface area contributed by atoms with Gasteiger partial charge in [0.15, 0.2) is 10.3 Å². The van der Waals surface area contributed by atoms with Gasteiger partial charge in [-0.3, -0.25) is 4.79 Å². The van der Waals surface area contributed by atoms with Crippen molar-refractivity contribution in [1.29, 1.82) is 0 Å². The Morgan fingerprint density at radius 3 is 2.58 bits per heavy atom. The van der Waals surface area contributed by atoms with Gasteiger partial charge >= 0.3 is 0 Å². The highest BCUT2D eigenvalue weighted by molar-refractivity contribution is 9.10. The summed E-state index contributed by atoms with van der Waals surface area (Å²) in [7, 11) is -1.61. The highest BCUT2D eigenvalue weighted by Gasteiger charge is 2.30. The Balaban J connectivity index is 1.81. The van der Waals surface area contributed by atoms with Crippen LogP contribution >= 0.6 is 15.9 Å². The molecule has 10 heteroatoms. The number of methoxy groups -OCH3 is 1. The summed E-state index contributed by atoms with van der Waals surface area (Å²) in [6, 6.07) is 3.56. The van der Waals surface area contributed by atoms with E-state index in [1.165, 1.54) is 4.31 Å². The molecule has 1 fully saturated rings. The van der Waals surface area contributed by atoms with Crippen LogP contribution in [0.2, 0.25) is 0 Å². The van der Waals surface area contributed by atoms with Crippen LogP contribution in [-0.2, 0) is 21.3 Å². The largest absolute Gasteiger partial charge is 0.448 e.